The number of aromatic nitrogens is 1. The van der Waals surface area contributed by atoms with E-state index in [0.717, 1.165) is 5.56 Å². The summed E-state index contributed by atoms with van der Waals surface area (Å²) in [7, 11) is 0. The number of hydrogen-bond acceptors (Lipinski definition) is 9. The molecule has 0 aliphatic carbocycles. The van der Waals surface area contributed by atoms with Crippen LogP contribution in [0.4, 0.5) is 0 Å². The third-order valence-electron chi connectivity index (χ3n) is 6.69. The van der Waals surface area contributed by atoms with Crippen molar-refractivity contribution in [3.8, 4) is 33.9 Å². The maximum Gasteiger partial charge on any atom is 0.328 e. The van der Waals surface area contributed by atoms with Crippen molar-refractivity contribution in [2.45, 2.75) is 39.7 Å². The summed E-state index contributed by atoms with van der Waals surface area (Å²) in [5.41, 5.74) is 2.72. The third kappa shape index (κ3) is 5.91. The first kappa shape index (κ1) is 28.1. The molecule has 1 atom stereocenters. The maximum atomic E-state index is 12.9. The fourth-order valence-electron chi connectivity index (χ4n) is 4.76. The maximum absolute atomic E-state index is 12.9. The molecule has 208 valence electrons. The van der Waals surface area contributed by atoms with Crippen LogP contribution in [0.25, 0.3) is 22.5 Å². The van der Waals surface area contributed by atoms with E-state index in [0.29, 0.717) is 55.1 Å². The number of amides is 1. The van der Waals surface area contributed by atoms with Gasteiger partial charge in [0.2, 0.25) is 0 Å². The van der Waals surface area contributed by atoms with Crippen LogP contribution in [0.15, 0.2) is 40.9 Å². The number of phenolic OH excluding ortho intramolecular Hbond substituents is 2. The standard InChI is InChI=1S/C29H35N3O7/c1-5-30-28(35)25-24(27(39-31-25)21-15-20(17(3)4)22(33)16-23(21)34)18-7-9-19(10-8-18)26(29(36)38-6-2)32-11-13-37-14-12-32/h7-10,15-17,26,33-34H,5-6,11-14H2,1-4H3,(H,30,35)/t26-/m1/s1. The molecule has 2 aromatic carbocycles. The van der Waals surface area contributed by atoms with Crippen LogP contribution >= 0.6 is 0 Å². The number of hydrogen-bond donors (Lipinski definition) is 3. The van der Waals surface area contributed by atoms with E-state index < -0.39 is 11.9 Å². The van der Waals surface area contributed by atoms with Gasteiger partial charge in [0.05, 0.1) is 30.9 Å². The highest BCUT2D eigenvalue weighted by Crippen LogP contribution is 2.43. The second-order valence-electron chi connectivity index (χ2n) is 9.60. The van der Waals surface area contributed by atoms with Crippen LogP contribution in [0.5, 0.6) is 11.5 Å². The SMILES string of the molecule is CCNC(=O)c1noc(-c2cc(C(C)C)c(O)cc2O)c1-c1ccc([C@H](C(=O)OCC)N2CCOCC2)cc1. The second kappa shape index (κ2) is 12.3. The molecule has 1 amide bonds. The van der Waals surface area contributed by atoms with E-state index >= 15 is 0 Å². The fourth-order valence-corrected chi connectivity index (χ4v) is 4.76. The van der Waals surface area contributed by atoms with Gasteiger partial charge >= 0.3 is 5.97 Å². The molecule has 1 fully saturated rings. The molecule has 0 bridgehead atoms. The van der Waals surface area contributed by atoms with Crippen molar-refractivity contribution in [2.75, 3.05) is 39.5 Å². The molecule has 0 radical (unpaired) electrons. The summed E-state index contributed by atoms with van der Waals surface area (Å²) in [6, 6.07) is 9.54. The number of morpholine rings is 1. The molecule has 1 saturated heterocycles. The minimum atomic E-state index is -0.595. The molecule has 3 aromatic rings. The van der Waals surface area contributed by atoms with Crippen LogP contribution in [-0.4, -0.2) is 71.6 Å². The van der Waals surface area contributed by atoms with Gasteiger partial charge in [0, 0.05) is 25.7 Å². The van der Waals surface area contributed by atoms with E-state index in [1.54, 1.807) is 32.0 Å². The van der Waals surface area contributed by atoms with E-state index in [2.05, 4.69) is 10.5 Å². The Balaban J connectivity index is 1.81. The molecule has 0 spiro atoms. The van der Waals surface area contributed by atoms with Crippen LogP contribution in [-0.2, 0) is 14.3 Å². The zero-order valence-corrected chi connectivity index (χ0v) is 22.7. The summed E-state index contributed by atoms with van der Waals surface area (Å²) in [5, 5.41) is 27.9. The smallest absolute Gasteiger partial charge is 0.328 e. The number of carbonyl (C=O) groups is 2. The number of esters is 1. The van der Waals surface area contributed by atoms with Crippen molar-refractivity contribution in [1.82, 2.24) is 15.4 Å². The Labute approximate surface area is 227 Å². The normalized spacial score (nSPS) is 14.8. The van der Waals surface area contributed by atoms with E-state index in [4.69, 9.17) is 14.0 Å². The highest BCUT2D eigenvalue weighted by atomic mass is 16.5. The van der Waals surface area contributed by atoms with Gasteiger partial charge in [-0.1, -0.05) is 43.3 Å². The first-order valence-corrected chi connectivity index (χ1v) is 13.2. The summed E-state index contributed by atoms with van der Waals surface area (Å²) >= 11 is 0. The average molecular weight is 538 g/mol. The Morgan fingerprint density at radius 1 is 1.08 bits per heavy atom. The topological polar surface area (TPSA) is 134 Å². The molecule has 2 heterocycles. The van der Waals surface area contributed by atoms with E-state index in [1.165, 1.54) is 6.07 Å². The molecule has 0 saturated carbocycles. The second-order valence-corrected chi connectivity index (χ2v) is 9.60. The quantitative estimate of drug-likeness (QED) is 0.343. The van der Waals surface area contributed by atoms with Gasteiger partial charge in [-0.05, 0) is 42.5 Å². The van der Waals surface area contributed by atoms with Gasteiger partial charge in [0.25, 0.3) is 5.91 Å². The molecule has 10 heteroatoms. The van der Waals surface area contributed by atoms with Crippen LogP contribution in [0, 0.1) is 0 Å². The van der Waals surface area contributed by atoms with Gasteiger partial charge in [-0.3, -0.25) is 9.69 Å². The molecule has 3 N–H and O–H groups in total. The zero-order valence-electron chi connectivity index (χ0n) is 22.7. The lowest BCUT2D eigenvalue weighted by Crippen LogP contribution is -2.42. The first-order valence-electron chi connectivity index (χ1n) is 13.2. The highest BCUT2D eigenvalue weighted by Gasteiger charge is 2.31. The van der Waals surface area contributed by atoms with Gasteiger partial charge < -0.3 is 29.5 Å². The van der Waals surface area contributed by atoms with Crippen LogP contribution in [0.2, 0.25) is 0 Å². The number of nitrogens with zero attached hydrogens (tertiary/aromatic N) is 2. The molecule has 39 heavy (non-hydrogen) atoms. The number of benzene rings is 2. The largest absolute Gasteiger partial charge is 0.508 e. The number of aromatic hydroxyl groups is 2. The van der Waals surface area contributed by atoms with Gasteiger partial charge in [0.15, 0.2) is 11.5 Å². The lowest BCUT2D eigenvalue weighted by Gasteiger charge is -2.33. The number of rotatable bonds is 9. The number of ether oxygens (including phenoxy) is 2. The number of phenols is 2. The average Bonchev–Trinajstić information content (AvgIpc) is 3.35. The Bertz CT molecular complexity index is 1310. The number of carbonyl (C=O) groups excluding carboxylic acids is 2. The minimum Gasteiger partial charge on any atom is -0.508 e. The number of nitrogens with one attached hydrogen (secondary N) is 1. The molecule has 1 aliphatic rings. The Kier molecular flexibility index (Phi) is 8.88. The van der Waals surface area contributed by atoms with Crippen molar-refractivity contribution in [2.24, 2.45) is 0 Å². The molecule has 1 aliphatic heterocycles. The summed E-state index contributed by atoms with van der Waals surface area (Å²) in [6.07, 6.45) is 0. The molecule has 4 rings (SSSR count). The molecular weight excluding hydrogens is 502 g/mol. The van der Waals surface area contributed by atoms with Gasteiger partial charge in [-0.2, -0.15) is 0 Å². The minimum absolute atomic E-state index is 0.0298. The summed E-state index contributed by atoms with van der Waals surface area (Å²) in [5.74, 6) is -0.837. The fraction of sp³-hybridized carbons (Fsp3) is 0.414. The first-order chi connectivity index (χ1) is 18.8. The molecular formula is C29H35N3O7. The third-order valence-corrected chi connectivity index (χ3v) is 6.69. The predicted molar refractivity (Wildman–Crippen MR) is 145 cm³/mol. The lowest BCUT2D eigenvalue weighted by molar-refractivity contribution is -0.151. The Morgan fingerprint density at radius 2 is 1.77 bits per heavy atom. The van der Waals surface area contributed by atoms with E-state index in [9.17, 15) is 19.8 Å². The van der Waals surface area contributed by atoms with Crippen LogP contribution in [0.3, 0.4) is 0 Å². The van der Waals surface area contributed by atoms with E-state index in [1.807, 2.05) is 30.9 Å². The monoisotopic (exact) mass is 537 g/mol. The molecule has 0 unspecified atom stereocenters. The summed E-state index contributed by atoms with van der Waals surface area (Å²) in [6.45, 7) is 10.3. The Morgan fingerprint density at radius 3 is 2.38 bits per heavy atom. The lowest BCUT2D eigenvalue weighted by atomic mass is 9.93. The zero-order chi connectivity index (χ0) is 28.1. The van der Waals surface area contributed by atoms with Crippen molar-refractivity contribution in [3.63, 3.8) is 0 Å². The van der Waals surface area contributed by atoms with Crippen molar-refractivity contribution < 1.29 is 33.8 Å². The van der Waals surface area contributed by atoms with Gasteiger partial charge in [-0.15, -0.1) is 0 Å². The predicted octanol–water partition coefficient (Wildman–Crippen LogP) is 4.23. The summed E-state index contributed by atoms with van der Waals surface area (Å²) in [4.78, 5) is 27.9. The molecule has 10 nitrogen and oxygen atoms in total. The van der Waals surface area contributed by atoms with Crippen LogP contribution in [0.1, 0.15) is 61.3 Å². The van der Waals surface area contributed by atoms with Crippen molar-refractivity contribution >= 4 is 11.9 Å². The van der Waals surface area contributed by atoms with Gasteiger partial charge in [-0.25, -0.2) is 4.79 Å². The van der Waals surface area contributed by atoms with Crippen LogP contribution < -0.4 is 5.32 Å². The van der Waals surface area contributed by atoms with Crippen molar-refractivity contribution in [1.29, 1.82) is 0 Å². The highest BCUT2D eigenvalue weighted by molar-refractivity contribution is 6.02. The molecule has 1 aromatic heterocycles. The van der Waals surface area contributed by atoms with Gasteiger partial charge in [0.1, 0.15) is 17.5 Å². The van der Waals surface area contributed by atoms with Crippen molar-refractivity contribution in [3.05, 3.63) is 53.2 Å². The Hall–Kier alpha value is -3.89. The summed E-state index contributed by atoms with van der Waals surface area (Å²) < 4.78 is 16.5. The van der Waals surface area contributed by atoms with E-state index in [-0.39, 0.29) is 41.4 Å².